The summed E-state index contributed by atoms with van der Waals surface area (Å²) in [6, 6.07) is 2.38. The molecular weight excluding hydrogens is 316 g/mol. The Kier molecular flexibility index (Phi) is 4.39. The zero-order chi connectivity index (χ0) is 17.4. The first kappa shape index (κ1) is 16.6. The molecule has 0 saturated heterocycles. The summed E-state index contributed by atoms with van der Waals surface area (Å²) in [6.07, 6.45) is 1.45. The Morgan fingerprint density at radius 2 is 2.08 bits per heavy atom. The van der Waals surface area contributed by atoms with Crippen LogP contribution in [0.15, 0.2) is 12.1 Å². The Morgan fingerprint density at radius 1 is 1.38 bits per heavy atom. The predicted molar refractivity (Wildman–Crippen MR) is 85.1 cm³/mol. The van der Waals surface area contributed by atoms with E-state index in [4.69, 9.17) is 9.47 Å². The Hall–Kier alpha value is -2.24. The van der Waals surface area contributed by atoms with Gasteiger partial charge in [0.1, 0.15) is 6.10 Å². The number of fused-ring (bicyclic) bond motifs is 1. The van der Waals surface area contributed by atoms with Crippen molar-refractivity contribution in [3.8, 4) is 5.75 Å². The lowest BCUT2D eigenvalue weighted by molar-refractivity contribution is 0.0570. The third kappa shape index (κ3) is 3.05. The van der Waals surface area contributed by atoms with E-state index >= 15 is 0 Å². The molecule has 2 aromatic rings. The molecule has 24 heavy (non-hydrogen) atoms. The van der Waals surface area contributed by atoms with Crippen molar-refractivity contribution in [3.63, 3.8) is 0 Å². The van der Waals surface area contributed by atoms with Gasteiger partial charge in [0.2, 0.25) is 0 Å². The molecule has 0 N–H and O–H groups in total. The Balaban J connectivity index is 2.02. The summed E-state index contributed by atoms with van der Waals surface area (Å²) in [7, 11) is 0. The quantitative estimate of drug-likeness (QED) is 0.760. The molecule has 0 spiro atoms. The largest absolute Gasteiger partial charge is 0.514 e. The van der Waals surface area contributed by atoms with Crippen molar-refractivity contribution in [1.29, 1.82) is 0 Å². The highest BCUT2D eigenvalue weighted by Crippen LogP contribution is 2.36. The molecule has 1 fully saturated rings. The maximum absolute atomic E-state index is 14.3. The first-order chi connectivity index (χ1) is 11.4. The number of hydrogen-bond acceptors (Lipinski definition) is 4. The van der Waals surface area contributed by atoms with E-state index in [0.29, 0.717) is 23.6 Å². The fraction of sp³-hybridized carbons (Fsp3) is 0.444. The smallest absolute Gasteiger partial charge is 0.431 e. The molecule has 1 aliphatic carbocycles. The Labute approximate surface area is 138 Å². The lowest BCUT2D eigenvalue weighted by atomic mass is 10.1. The van der Waals surface area contributed by atoms with Crippen LogP contribution in [0.4, 0.5) is 13.6 Å². The van der Waals surface area contributed by atoms with Gasteiger partial charge in [-0.15, -0.1) is 0 Å². The van der Waals surface area contributed by atoms with Crippen LogP contribution in [0.25, 0.3) is 10.9 Å². The van der Waals surface area contributed by atoms with Gasteiger partial charge in [-0.25, -0.2) is 13.6 Å². The standard InChI is InChI=1S/C18H19F2NO3/c1-4-13-9(2)17(24-18(22)23-10(3)11-5-6-11)15-14(21-13)8-7-12(19)16(15)20/h7-8,10-11H,4-6H2,1-3H3. The second-order valence-electron chi connectivity index (χ2n) is 6.13. The van der Waals surface area contributed by atoms with Crippen LogP contribution in [0.1, 0.15) is 37.9 Å². The van der Waals surface area contributed by atoms with Crippen LogP contribution in [0.2, 0.25) is 0 Å². The van der Waals surface area contributed by atoms with Crippen LogP contribution in [0, 0.1) is 24.5 Å². The normalized spacial score (nSPS) is 15.4. The third-order valence-electron chi connectivity index (χ3n) is 4.42. The summed E-state index contributed by atoms with van der Waals surface area (Å²) < 4.78 is 38.4. The van der Waals surface area contributed by atoms with Crippen molar-refractivity contribution < 1.29 is 23.0 Å². The number of halogens is 2. The summed E-state index contributed by atoms with van der Waals surface area (Å²) in [4.78, 5) is 16.4. The van der Waals surface area contributed by atoms with Crippen molar-refractivity contribution in [2.75, 3.05) is 0 Å². The highest BCUT2D eigenvalue weighted by molar-refractivity contribution is 5.89. The minimum Gasteiger partial charge on any atom is -0.431 e. The van der Waals surface area contributed by atoms with Crippen molar-refractivity contribution in [2.24, 2.45) is 5.92 Å². The fourth-order valence-corrected chi connectivity index (χ4v) is 2.79. The number of benzene rings is 1. The van der Waals surface area contributed by atoms with Crippen molar-refractivity contribution in [1.82, 2.24) is 4.98 Å². The maximum atomic E-state index is 14.3. The van der Waals surface area contributed by atoms with Crippen LogP contribution < -0.4 is 4.74 Å². The van der Waals surface area contributed by atoms with Crippen molar-refractivity contribution >= 4 is 17.1 Å². The number of carbonyl (C=O) groups is 1. The maximum Gasteiger partial charge on any atom is 0.514 e. The lowest BCUT2D eigenvalue weighted by Gasteiger charge is -2.16. The second-order valence-corrected chi connectivity index (χ2v) is 6.13. The molecule has 1 saturated carbocycles. The summed E-state index contributed by atoms with van der Waals surface area (Å²) in [6.45, 7) is 5.36. The number of rotatable bonds is 4. The highest BCUT2D eigenvalue weighted by Gasteiger charge is 2.31. The molecule has 1 atom stereocenters. The van der Waals surface area contributed by atoms with E-state index in [-0.39, 0.29) is 22.8 Å². The minimum atomic E-state index is -1.08. The molecule has 0 bridgehead atoms. The van der Waals surface area contributed by atoms with Crippen LogP contribution in [-0.2, 0) is 11.2 Å². The van der Waals surface area contributed by atoms with E-state index in [1.807, 2.05) is 6.92 Å². The number of aromatic nitrogens is 1. The molecule has 0 radical (unpaired) electrons. The number of aryl methyl sites for hydroxylation is 1. The molecule has 1 aromatic heterocycles. The fourth-order valence-electron chi connectivity index (χ4n) is 2.79. The molecule has 1 unspecified atom stereocenters. The van der Waals surface area contributed by atoms with Gasteiger partial charge in [-0.3, -0.25) is 4.98 Å². The Bertz CT molecular complexity index is 803. The van der Waals surface area contributed by atoms with Gasteiger partial charge in [-0.2, -0.15) is 0 Å². The molecule has 1 heterocycles. The molecular formula is C18H19F2NO3. The number of ether oxygens (including phenoxy) is 2. The number of carbonyl (C=O) groups excluding carboxylic acids is 1. The molecule has 1 aliphatic rings. The van der Waals surface area contributed by atoms with Gasteiger partial charge in [0, 0.05) is 11.3 Å². The van der Waals surface area contributed by atoms with Gasteiger partial charge >= 0.3 is 6.16 Å². The van der Waals surface area contributed by atoms with Gasteiger partial charge < -0.3 is 9.47 Å². The zero-order valence-corrected chi connectivity index (χ0v) is 13.9. The van der Waals surface area contributed by atoms with Gasteiger partial charge in [0.05, 0.1) is 10.9 Å². The molecule has 128 valence electrons. The van der Waals surface area contributed by atoms with Crippen molar-refractivity contribution in [2.45, 2.75) is 46.1 Å². The van der Waals surface area contributed by atoms with Gasteiger partial charge in [0.15, 0.2) is 17.4 Å². The molecule has 0 aliphatic heterocycles. The summed E-state index contributed by atoms with van der Waals surface area (Å²) in [5.74, 6) is -1.77. The van der Waals surface area contributed by atoms with E-state index in [9.17, 15) is 13.6 Å². The summed E-state index contributed by atoms with van der Waals surface area (Å²) in [5.41, 5.74) is 1.41. The molecule has 4 nitrogen and oxygen atoms in total. The topological polar surface area (TPSA) is 48.4 Å². The van der Waals surface area contributed by atoms with Crippen LogP contribution >= 0.6 is 0 Å². The van der Waals surface area contributed by atoms with Gasteiger partial charge in [-0.05, 0) is 51.2 Å². The monoisotopic (exact) mass is 335 g/mol. The number of hydrogen-bond donors (Lipinski definition) is 0. The first-order valence-corrected chi connectivity index (χ1v) is 8.08. The lowest BCUT2D eigenvalue weighted by Crippen LogP contribution is -2.20. The van der Waals surface area contributed by atoms with Crippen LogP contribution in [0.3, 0.4) is 0 Å². The molecule has 3 rings (SSSR count). The average molecular weight is 335 g/mol. The number of pyridine rings is 1. The molecule has 0 amide bonds. The van der Waals surface area contributed by atoms with E-state index < -0.39 is 17.8 Å². The SMILES string of the molecule is CCc1nc2ccc(F)c(F)c2c(OC(=O)OC(C)C2CC2)c1C. The van der Waals surface area contributed by atoms with Gasteiger partial charge in [-0.1, -0.05) is 6.92 Å². The van der Waals surface area contributed by atoms with E-state index in [1.165, 1.54) is 6.07 Å². The minimum absolute atomic E-state index is 0.0261. The van der Waals surface area contributed by atoms with Crippen molar-refractivity contribution in [3.05, 3.63) is 35.0 Å². The Morgan fingerprint density at radius 3 is 2.71 bits per heavy atom. The van der Waals surface area contributed by atoms with Crippen LogP contribution in [0.5, 0.6) is 5.75 Å². The van der Waals surface area contributed by atoms with Crippen LogP contribution in [-0.4, -0.2) is 17.2 Å². The molecule has 6 heteroatoms. The first-order valence-electron chi connectivity index (χ1n) is 8.08. The van der Waals surface area contributed by atoms with E-state index in [1.54, 1.807) is 13.8 Å². The predicted octanol–water partition coefficient (Wildman–Crippen LogP) is 4.70. The average Bonchev–Trinajstić information content (AvgIpc) is 3.38. The van der Waals surface area contributed by atoms with E-state index in [2.05, 4.69) is 4.98 Å². The summed E-state index contributed by atoms with van der Waals surface area (Å²) in [5, 5.41) is -0.138. The zero-order valence-electron chi connectivity index (χ0n) is 13.9. The highest BCUT2D eigenvalue weighted by atomic mass is 19.2. The van der Waals surface area contributed by atoms with Gasteiger partial charge in [0.25, 0.3) is 0 Å². The number of nitrogens with zero attached hydrogens (tertiary/aromatic N) is 1. The summed E-state index contributed by atoms with van der Waals surface area (Å²) >= 11 is 0. The molecule has 1 aromatic carbocycles. The third-order valence-corrected chi connectivity index (χ3v) is 4.42. The second kappa shape index (κ2) is 6.34. The van der Waals surface area contributed by atoms with E-state index in [0.717, 1.165) is 18.9 Å².